The van der Waals surface area contributed by atoms with Crippen LogP contribution in [0.2, 0.25) is 0 Å². The summed E-state index contributed by atoms with van der Waals surface area (Å²) in [6.07, 6.45) is -4.03. The maximum absolute atomic E-state index is 12.0. The van der Waals surface area contributed by atoms with Crippen molar-refractivity contribution in [1.82, 2.24) is 5.32 Å². The molecule has 21 heavy (non-hydrogen) atoms. The van der Waals surface area contributed by atoms with Gasteiger partial charge in [0.05, 0.1) is 0 Å². The van der Waals surface area contributed by atoms with E-state index in [0.717, 1.165) is 17.9 Å². The Balaban J connectivity index is 2.34. The van der Waals surface area contributed by atoms with Crippen LogP contribution < -0.4 is 10.1 Å². The summed E-state index contributed by atoms with van der Waals surface area (Å²) in [7, 11) is 0. The molecule has 4 nitrogen and oxygen atoms in total. The normalized spacial score (nSPS) is 11.2. The second-order valence-corrected chi connectivity index (χ2v) is 5.24. The number of ether oxygens (including phenoxy) is 1. The Bertz CT molecular complexity index is 437. The van der Waals surface area contributed by atoms with Gasteiger partial charge in [-0.15, -0.1) is 13.2 Å². The van der Waals surface area contributed by atoms with Crippen molar-refractivity contribution in [3.63, 3.8) is 0 Å². The molecule has 0 spiro atoms. The molecule has 0 unspecified atom stereocenters. The zero-order chi connectivity index (χ0) is 15.7. The zero-order valence-electron chi connectivity index (χ0n) is 11.2. The second kappa shape index (κ2) is 8.78. The number of amides is 1. The minimum atomic E-state index is -4.74. The van der Waals surface area contributed by atoms with Gasteiger partial charge in [-0.2, -0.15) is 11.8 Å². The van der Waals surface area contributed by atoms with Crippen LogP contribution in [0, 0.1) is 0 Å². The number of halogens is 3. The lowest BCUT2D eigenvalue weighted by Gasteiger charge is -2.09. The first-order valence-corrected chi connectivity index (χ1v) is 7.40. The summed E-state index contributed by atoms with van der Waals surface area (Å²) in [6, 6.07) is 4.74. The number of rotatable bonds is 8. The highest BCUT2D eigenvalue weighted by Crippen LogP contribution is 2.22. The number of thioether (sulfide) groups is 1. The third-order valence-corrected chi connectivity index (χ3v) is 3.40. The van der Waals surface area contributed by atoms with Crippen molar-refractivity contribution in [1.29, 1.82) is 0 Å². The molecule has 0 atom stereocenters. The van der Waals surface area contributed by atoms with Gasteiger partial charge in [0.15, 0.2) is 0 Å². The smallest absolute Gasteiger partial charge is 0.406 e. The van der Waals surface area contributed by atoms with Crippen molar-refractivity contribution in [2.45, 2.75) is 12.8 Å². The topological polar surface area (TPSA) is 58.6 Å². The molecule has 1 rings (SSSR count). The molecular formula is C13H16F3NO3S. The van der Waals surface area contributed by atoms with E-state index in [9.17, 15) is 18.0 Å². The lowest BCUT2D eigenvalue weighted by Crippen LogP contribution is -2.25. The molecule has 0 aliphatic rings. The van der Waals surface area contributed by atoms with E-state index in [1.807, 2.05) is 0 Å². The highest BCUT2D eigenvalue weighted by atomic mass is 32.2. The molecule has 0 bridgehead atoms. The summed E-state index contributed by atoms with van der Waals surface area (Å²) >= 11 is 1.60. The summed E-state index contributed by atoms with van der Waals surface area (Å²) in [6.45, 7) is 0.599. The Labute approximate surface area is 124 Å². The Hall–Kier alpha value is -1.41. The first kappa shape index (κ1) is 17.6. The standard InChI is InChI=1S/C13H16F3NO3S/c14-13(15,16)20-11-4-2-10(3-5-11)12(19)17-6-9-21-8-1-7-18/h2-5,18H,1,6-9H2,(H,17,19). The molecule has 0 saturated heterocycles. The van der Waals surface area contributed by atoms with E-state index in [-0.39, 0.29) is 23.8 Å². The third-order valence-electron chi connectivity index (χ3n) is 2.33. The lowest BCUT2D eigenvalue weighted by molar-refractivity contribution is -0.274. The number of hydrogen-bond donors (Lipinski definition) is 2. The van der Waals surface area contributed by atoms with E-state index in [1.54, 1.807) is 11.8 Å². The molecule has 8 heteroatoms. The van der Waals surface area contributed by atoms with Gasteiger partial charge < -0.3 is 15.2 Å². The van der Waals surface area contributed by atoms with Crippen LogP contribution in [-0.2, 0) is 0 Å². The zero-order valence-corrected chi connectivity index (χ0v) is 12.0. The van der Waals surface area contributed by atoms with E-state index in [0.29, 0.717) is 18.7 Å². The first-order chi connectivity index (χ1) is 9.92. The van der Waals surface area contributed by atoms with Crippen molar-refractivity contribution in [3.8, 4) is 5.75 Å². The lowest BCUT2D eigenvalue weighted by atomic mass is 10.2. The van der Waals surface area contributed by atoms with Crippen molar-refractivity contribution in [3.05, 3.63) is 29.8 Å². The summed E-state index contributed by atoms with van der Waals surface area (Å²) in [5, 5.41) is 11.2. The van der Waals surface area contributed by atoms with Crippen LogP contribution in [0.4, 0.5) is 13.2 Å². The molecular weight excluding hydrogens is 307 g/mol. The fourth-order valence-corrected chi connectivity index (χ4v) is 2.20. The fraction of sp³-hybridized carbons (Fsp3) is 0.462. The summed E-state index contributed by atoms with van der Waals surface area (Å²) in [5.74, 6) is 0.812. The molecule has 1 aromatic carbocycles. The first-order valence-electron chi connectivity index (χ1n) is 6.25. The molecule has 0 heterocycles. The van der Waals surface area contributed by atoms with Crippen LogP contribution in [-0.4, -0.2) is 42.0 Å². The third kappa shape index (κ3) is 7.81. The van der Waals surface area contributed by atoms with Crippen LogP contribution in [0.1, 0.15) is 16.8 Å². The average molecular weight is 323 g/mol. The summed E-state index contributed by atoms with van der Waals surface area (Å²) in [5.41, 5.74) is 0.268. The molecule has 0 aliphatic heterocycles. The van der Waals surface area contributed by atoms with Crippen LogP contribution in [0.5, 0.6) is 5.75 Å². The largest absolute Gasteiger partial charge is 0.573 e. The molecule has 0 fully saturated rings. The highest BCUT2D eigenvalue weighted by molar-refractivity contribution is 7.99. The maximum Gasteiger partial charge on any atom is 0.573 e. The van der Waals surface area contributed by atoms with Crippen molar-refractivity contribution in [2.75, 3.05) is 24.7 Å². The number of aliphatic hydroxyl groups is 1. The van der Waals surface area contributed by atoms with Crippen molar-refractivity contribution < 1.29 is 27.8 Å². The van der Waals surface area contributed by atoms with Crippen LogP contribution in [0.25, 0.3) is 0 Å². The molecule has 0 aromatic heterocycles. The quantitative estimate of drug-likeness (QED) is 0.722. The van der Waals surface area contributed by atoms with E-state index in [1.165, 1.54) is 12.1 Å². The van der Waals surface area contributed by atoms with Gasteiger partial charge in [-0.1, -0.05) is 0 Å². The minimum Gasteiger partial charge on any atom is -0.406 e. The Morgan fingerprint density at radius 1 is 1.24 bits per heavy atom. The predicted octanol–water partition coefficient (Wildman–Crippen LogP) is 2.43. The number of nitrogens with one attached hydrogen (secondary N) is 1. The van der Waals surface area contributed by atoms with E-state index >= 15 is 0 Å². The van der Waals surface area contributed by atoms with Crippen molar-refractivity contribution in [2.24, 2.45) is 0 Å². The minimum absolute atomic E-state index is 0.145. The fourth-order valence-electron chi connectivity index (χ4n) is 1.42. The molecule has 1 aromatic rings. The molecule has 0 radical (unpaired) electrons. The van der Waals surface area contributed by atoms with Crippen LogP contribution >= 0.6 is 11.8 Å². The SMILES string of the molecule is O=C(NCCSCCCO)c1ccc(OC(F)(F)F)cc1. The Morgan fingerprint density at radius 3 is 2.48 bits per heavy atom. The number of benzene rings is 1. The molecule has 118 valence electrons. The van der Waals surface area contributed by atoms with E-state index < -0.39 is 6.36 Å². The maximum atomic E-state index is 12.0. The van der Waals surface area contributed by atoms with Crippen LogP contribution in [0.3, 0.4) is 0 Å². The van der Waals surface area contributed by atoms with E-state index in [4.69, 9.17) is 5.11 Å². The number of carbonyl (C=O) groups excluding carboxylic acids is 1. The average Bonchev–Trinajstić information content (AvgIpc) is 2.41. The molecule has 2 N–H and O–H groups in total. The highest BCUT2D eigenvalue weighted by Gasteiger charge is 2.31. The molecule has 0 saturated carbocycles. The number of carbonyl (C=O) groups is 1. The van der Waals surface area contributed by atoms with Gasteiger partial charge in [-0.05, 0) is 36.4 Å². The summed E-state index contributed by atoms with van der Waals surface area (Å²) in [4.78, 5) is 11.7. The van der Waals surface area contributed by atoms with Gasteiger partial charge in [-0.25, -0.2) is 0 Å². The van der Waals surface area contributed by atoms with Gasteiger partial charge in [0.2, 0.25) is 0 Å². The number of alkyl halides is 3. The van der Waals surface area contributed by atoms with Gasteiger partial charge >= 0.3 is 6.36 Å². The Kier molecular flexibility index (Phi) is 7.38. The Morgan fingerprint density at radius 2 is 1.90 bits per heavy atom. The van der Waals surface area contributed by atoms with Crippen LogP contribution in [0.15, 0.2) is 24.3 Å². The monoisotopic (exact) mass is 323 g/mol. The van der Waals surface area contributed by atoms with Gasteiger partial charge in [0.25, 0.3) is 5.91 Å². The molecule has 0 aliphatic carbocycles. The van der Waals surface area contributed by atoms with Gasteiger partial charge in [-0.3, -0.25) is 4.79 Å². The predicted molar refractivity (Wildman–Crippen MR) is 74.5 cm³/mol. The number of hydrogen-bond acceptors (Lipinski definition) is 4. The van der Waals surface area contributed by atoms with Gasteiger partial charge in [0, 0.05) is 24.5 Å². The second-order valence-electron chi connectivity index (χ2n) is 4.02. The number of aliphatic hydroxyl groups excluding tert-OH is 1. The summed E-state index contributed by atoms with van der Waals surface area (Å²) < 4.78 is 39.6. The van der Waals surface area contributed by atoms with Gasteiger partial charge in [0.1, 0.15) is 5.75 Å². The van der Waals surface area contributed by atoms with Crippen molar-refractivity contribution >= 4 is 17.7 Å². The molecule has 1 amide bonds. The van der Waals surface area contributed by atoms with E-state index in [2.05, 4.69) is 10.1 Å².